The molecule has 19 heavy (non-hydrogen) atoms. The molecule has 0 aliphatic heterocycles. The molecular weight excluding hydrogens is 262 g/mol. The normalized spacial score (nSPS) is 13.4. The minimum atomic E-state index is -1.18. The summed E-state index contributed by atoms with van der Waals surface area (Å²) >= 11 is 5.47. The van der Waals surface area contributed by atoms with Gasteiger partial charge in [-0.15, -0.1) is 0 Å². The molecule has 4 heteroatoms. The molecule has 1 atom stereocenters. The second kappa shape index (κ2) is 5.76. The van der Waals surface area contributed by atoms with Crippen LogP contribution in [0, 0.1) is 0 Å². The summed E-state index contributed by atoms with van der Waals surface area (Å²) < 4.78 is 5.84. The van der Waals surface area contributed by atoms with E-state index in [0.717, 1.165) is 5.56 Å². The molecule has 0 spiro atoms. The van der Waals surface area contributed by atoms with Crippen LogP contribution in [-0.2, 0) is 10.4 Å². The fourth-order valence-corrected chi connectivity index (χ4v) is 1.99. The van der Waals surface area contributed by atoms with Crippen LogP contribution in [0.1, 0.15) is 12.5 Å². The third-order valence-electron chi connectivity index (χ3n) is 2.91. The molecule has 0 aliphatic carbocycles. The quantitative estimate of drug-likeness (QED) is 0.870. The van der Waals surface area contributed by atoms with E-state index in [1.807, 2.05) is 48.5 Å². The number of amides is 1. The first kappa shape index (κ1) is 13.4. The molecule has 1 N–H and O–H groups in total. The molecule has 1 amide bonds. The molecule has 0 saturated heterocycles. The Morgan fingerprint density at radius 3 is 2.11 bits per heavy atom. The lowest BCUT2D eigenvalue weighted by atomic mass is 9.95. The van der Waals surface area contributed by atoms with E-state index >= 15 is 0 Å². The van der Waals surface area contributed by atoms with Crippen LogP contribution in [0.25, 0.3) is 0 Å². The van der Waals surface area contributed by atoms with Gasteiger partial charge in [-0.3, -0.25) is 9.63 Å². The Kier molecular flexibility index (Phi) is 4.07. The molecule has 2 rings (SSSR count). The van der Waals surface area contributed by atoms with Gasteiger partial charge < -0.3 is 4.74 Å². The summed E-state index contributed by atoms with van der Waals surface area (Å²) in [5.74, 6) is 0.193. The van der Waals surface area contributed by atoms with Crippen LogP contribution in [0.15, 0.2) is 60.7 Å². The average molecular weight is 276 g/mol. The van der Waals surface area contributed by atoms with Gasteiger partial charge in [-0.05, 0) is 19.1 Å². The first-order valence-corrected chi connectivity index (χ1v) is 6.25. The van der Waals surface area contributed by atoms with E-state index in [1.165, 1.54) is 0 Å². The van der Waals surface area contributed by atoms with Gasteiger partial charge in [0, 0.05) is 17.3 Å². The second-order valence-electron chi connectivity index (χ2n) is 4.24. The highest BCUT2D eigenvalue weighted by atomic mass is 35.5. The number of rotatable bonds is 4. The maximum Gasteiger partial charge on any atom is 0.282 e. The number of nitrogens with one attached hydrogen (secondary N) is 1. The van der Waals surface area contributed by atoms with Crippen LogP contribution in [0.5, 0.6) is 5.75 Å². The van der Waals surface area contributed by atoms with E-state index in [4.69, 9.17) is 16.5 Å². The topological polar surface area (TPSA) is 38.3 Å². The highest BCUT2D eigenvalue weighted by Gasteiger charge is 2.37. The van der Waals surface area contributed by atoms with Crippen LogP contribution < -0.4 is 9.57 Å². The van der Waals surface area contributed by atoms with Gasteiger partial charge in [-0.2, -0.15) is 0 Å². The highest BCUT2D eigenvalue weighted by Crippen LogP contribution is 2.28. The van der Waals surface area contributed by atoms with E-state index in [-0.39, 0.29) is 0 Å². The zero-order valence-corrected chi connectivity index (χ0v) is 11.2. The van der Waals surface area contributed by atoms with Crippen LogP contribution >= 0.6 is 11.8 Å². The third-order valence-corrected chi connectivity index (χ3v) is 3.08. The average Bonchev–Trinajstić information content (AvgIpc) is 2.48. The number of hydrogen-bond acceptors (Lipinski definition) is 2. The highest BCUT2D eigenvalue weighted by molar-refractivity contribution is 6.22. The summed E-state index contributed by atoms with van der Waals surface area (Å²) in [4.78, 5) is 14.2. The summed E-state index contributed by atoms with van der Waals surface area (Å²) in [6, 6.07) is 18.4. The van der Waals surface area contributed by atoms with Gasteiger partial charge in [0.1, 0.15) is 5.75 Å². The van der Waals surface area contributed by atoms with Gasteiger partial charge in [0.15, 0.2) is 0 Å². The molecule has 0 aliphatic rings. The van der Waals surface area contributed by atoms with Crippen molar-refractivity contribution in [3.05, 3.63) is 66.2 Å². The molecule has 0 heterocycles. The number of halogens is 1. The lowest BCUT2D eigenvalue weighted by Gasteiger charge is -2.28. The van der Waals surface area contributed by atoms with Gasteiger partial charge in [0.25, 0.3) is 5.91 Å². The standard InChI is InChI=1S/C15H14ClNO2/c1-15(14(18)17-16,12-8-4-2-5-9-12)19-13-10-6-3-7-11-13/h2-11H,1H3,(H,17,18). The Bertz CT molecular complexity index is 545. The Labute approximate surface area is 117 Å². The predicted molar refractivity (Wildman–Crippen MR) is 74.9 cm³/mol. The number of benzene rings is 2. The third kappa shape index (κ3) is 2.88. The predicted octanol–water partition coefficient (Wildman–Crippen LogP) is 3.25. The smallest absolute Gasteiger partial charge is 0.282 e. The lowest BCUT2D eigenvalue weighted by Crippen LogP contribution is -2.43. The van der Waals surface area contributed by atoms with Gasteiger partial charge in [-0.25, -0.2) is 0 Å². The maximum atomic E-state index is 12.1. The van der Waals surface area contributed by atoms with Crippen LogP contribution in [0.4, 0.5) is 0 Å². The fourth-order valence-electron chi connectivity index (χ4n) is 1.81. The number of carbonyl (C=O) groups is 1. The van der Waals surface area contributed by atoms with Gasteiger partial charge in [0.2, 0.25) is 5.60 Å². The van der Waals surface area contributed by atoms with Crippen LogP contribution in [0.2, 0.25) is 0 Å². The lowest BCUT2D eigenvalue weighted by molar-refractivity contribution is -0.134. The van der Waals surface area contributed by atoms with Crippen molar-refractivity contribution in [2.75, 3.05) is 0 Å². The van der Waals surface area contributed by atoms with Crippen molar-refractivity contribution in [2.45, 2.75) is 12.5 Å². The van der Waals surface area contributed by atoms with Crippen molar-refractivity contribution >= 4 is 17.7 Å². The van der Waals surface area contributed by atoms with E-state index < -0.39 is 11.5 Å². The molecule has 1 unspecified atom stereocenters. The molecule has 2 aromatic carbocycles. The summed E-state index contributed by atoms with van der Waals surface area (Å²) in [6.07, 6.45) is 0. The Morgan fingerprint density at radius 1 is 1.05 bits per heavy atom. The fraction of sp³-hybridized carbons (Fsp3) is 0.133. The van der Waals surface area contributed by atoms with Gasteiger partial charge in [-0.1, -0.05) is 48.5 Å². The van der Waals surface area contributed by atoms with Crippen LogP contribution in [0.3, 0.4) is 0 Å². The van der Waals surface area contributed by atoms with Crippen molar-refractivity contribution in [1.82, 2.24) is 4.84 Å². The first-order chi connectivity index (χ1) is 9.16. The molecule has 0 aromatic heterocycles. The summed E-state index contributed by atoms with van der Waals surface area (Å²) in [5.41, 5.74) is -0.443. The van der Waals surface area contributed by atoms with Crippen molar-refractivity contribution in [2.24, 2.45) is 0 Å². The van der Waals surface area contributed by atoms with Crippen molar-refractivity contribution in [3.63, 3.8) is 0 Å². The zero-order chi connectivity index (χ0) is 13.7. The molecule has 0 saturated carbocycles. The Balaban J connectivity index is 2.39. The van der Waals surface area contributed by atoms with Crippen LogP contribution in [-0.4, -0.2) is 5.91 Å². The summed E-state index contributed by atoms with van der Waals surface area (Å²) in [5, 5.41) is 0. The second-order valence-corrected chi connectivity index (χ2v) is 4.43. The first-order valence-electron chi connectivity index (χ1n) is 5.87. The van der Waals surface area contributed by atoms with E-state index in [9.17, 15) is 4.79 Å². The summed E-state index contributed by atoms with van der Waals surface area (Å²) in [6.45, 7) is 1.69. The number of ether oxygens (including phenoxy) is 1. The molecule has 0 radical (unpaired) electrons. The van der Waals surface area contributed by atoms with Gasteiger partial charge >= 0.3 is 0 Å². The molecule has 0 bridgehead atoms. The van der Waals surface area contributed by atoms with E-state index in [0.29, 0.717) is 5.75 Å². The molecule has 3 nitrogen and oxygen atoms in total. The summed E-state index contributed by atoms with van der Waals surface area (Å²) in [7, 11) is 0. The van der Waals surface area contributed by atoms with Crippen molar-refractivity contribution in [1.29, 1.82) is 0 Å². The Hall–Kier alpha value is -2.00. The number of hydrogen-bond donors (Lipinski definition) is 1. The maximum absolute atomic E-state index is 12.1. The molecule has 98 valence electrons. The minimum Gasteiger partial charge on any atom is -0.473 e. The zero-order valence-electron chi connectivity index (χ0n) is 10.5. The Morgan fingerprint density at radius 2 is 1.58 bits per heavy atom. The monoisotopic (exact) mass is 275 g/mol. The van der Waals surface area contributed by atoms with Gasteiger partial charge in [0.05, 0.1) is 0 Å². The van der Waals surface area contributed by atoms with E-state index in [2.05, 4.69) is 4.84 Å². The van der Waals surface area contributed by atoms with E-state index in [1.54, 1.807) is 19.1 Å². The SMILES string of the molecule is CC(Oc1ccccc1)(C(=O)NCl)c1ccccc1. The van der Waals surface area contributed by atoms with Crippen molar-refractivity contribution < 1.29 is 9.53 Å². The number of carbonyl (C=O) groups excluding carboxylic acids is 1. The van der Waals surface area contributed by atoms with Crippen molar-refractivity contribution in [3.8, 4) is 5.75 Å². The molecule has 0 fully saturated rings. The molecule has 2 aromatic rings. The largest absolute Gasteiger partial charge is 0.473 e. The number of para-hydroxylation sites is 1. The minimum absolute atomic E-state index is 0.413. The molecular formula is C15H14ClNO2.